The zero-order chi connectivity index (χ0) is 4.50. The number of hydrogen-bond acceptors (Lipinski definition) is 2. The highest BCUT2D eigenvalue weighted by Crippen LogP contribution is 1.59. The van der Waals surface area contributed by atoms with Gasteiger partial charge in [0.25, 0.3) is 0 Å². The lowest BCUT2D eigenvalue weighted by Gasteiger charge is -1.68. The summed E-state index contributed by atoms with van der Waals surface area (Å²) in [4.78, 5) is 0. The minimum atomic E-state index is -4.67. The van der Waals surface area contributed by atoms with E-state index in [9.17, 15) is 0 Å². The molecule has 0 aliphatic heterocycles. The van der Waals surface area contributed by atoms with Gasteiger partial charge < -0.3 is 12.3 Å². The van der Waals surface area contributed by atoms with Crippen LogP contribution in [-0.2, 0) is 10.4 Å². The second-order valence-corrected chi connectivity index (χ2v) is 1.34. The lowest BCUT2D eigenvalue weighted by atomic mass is 14.0. The molecule has 0 fully saturated rings. The van der Waals surface area contributed by atoms with Crippen LogP contribution in [0.15, 0.2) is 0 Å². The predicted molar refractivity (Wildman–Crippen MR) is 26.1 cm³/mol. The van der Waals surface area contributed by atoms with Crippen LogP contribution in [0.5, 0.6) is 0 Å². The van der Waals surface area contributed by atoms with Gasteiger partial charge in [-0.3, -0.25) is 9.11 Å². The highest BCUT2D eigenvalue weighted by molar-refractivity contribution is 7.79. The molecule has 0 aliphatic carbocycles. The molecule has 0 atom stereocenters. The van der Waals surface area contributed by atoms with E-state index in [1.807, 2.05) is 0 Å². The number of hydrogen-bond donors (Lipinski definition) is 4. The SMILES string of the molecule is O=S(=O)(O)O.[NH4+].[NH4+]. The van der Waals surface area contributed by atoms with Gasteiger partial charge in [-0.25, -0.2) is 0 Å². The van der Waals surface area contributed by atoms with Crippen molar-refractivity contribution in [2.75, 3.05) is 0 Å². The minimum Gasteiger partial charge on any atom is -0.369 e. The highest BCUT2D eigenvalue weighted by Gasteiger charge is 1.84. The predicted octanol–water partition coefficient (Wildman–Crippen LogP) is 0.0996. The summed E-state index contributed by atoms with van der Waals surface area (Å²) in [6.45, 7) is 0. The second kappa shape index (κ2) is 3.96. The van der Waals surface area contributed by atoms with Gasteiger partial charge in [-0.2, -0.15) is 8.42 Å². The third kappa shape index (κ3) is 1890. The molecule has 0 aliphatic rings. The molecule has 0 unspecified atom stereocenters. The Balaban J connectivity index is -0.0000000800. The first-order valence-electron chi connectivity index (χ1n) is 0.698. The highest BCUT2D eigenvalue weighted by atomic mass is 32.3. The van der Waals surface area contributed by atoms with Gasteiger partial charge in [0.2, 0.25) is 0 Å². The van der Waals surface area contributed by atoms with Crippen molar-refractivity contribution in [2.24, 2.45) is 0 Å². The lowest BCUT2D eigenvalue weighted by molar-refractivity contribution is 0.381. The molecular weight excluding hydrogens is 124 g/mol. The molecular formula is H10N2O4S+2. The first kappa shape index (κ1) is 15.8. The third-order valence-corrected chi connectivity index (χ3v) is 0. The van der Waals surface area contributed by atoms with Crippen molar-refractivity contribution < 1.29 is 17.5 Å². The summed E-state index contributed by atoms with van der Waals surface area (Å²) >= 11 is 0. The Morgan fingerprint density at radius 3 is 1.00 bits per heavy atom. The summed E-state index contributed by atoms with van der Waals surface area (Å²) in [5.74, 6) is 0. The normalized spacial score (nSPS) is 8.29. The van der Waals surface area contributed by atoms with Crippen LogP contribution in [0.3, 0.4) is 0 Å². The van der Waals surface area contributed by atoms with E-state index in [0.717, 1.165) is 0 Å². The molecule has 0 aromatic heterocycles. The zero-order valence-electron chi connectivity index (χ0n) is 4.12. The molecule has 0 aromatic rings. The van der Waals surface area contributed by atoms with Crippen molar-refractivity contribution in [3.63, 3.8) is 0 Å². The summed E-state index contributed by atoms with van der Waals surface area (Å²) in [6.07, 6.45) is 0. The molecule has 0 saturated carbocycles. The standard InChI is InChI=1S/2H3N.H2O4S/c;;1-5(2,3)4/h2*1H3;(H2,1,2,3,4)/p+2. The maximum atomic E-state index is 8.74. The molecule has 0 spiro atoms. The topological polar surface area (TPSA) is 148 Å². The maximum absolute atomic E-state index is 8.74. The van der Waals surface area contributed by atoms with Crippen LogP contribution in [-0.4, -0.2) is 17.5 Å². The molecule has 6 nitrogen and oxygen atoms in total. The summed E-state index contributed by atoms with van der Waals surface area (Å²) in [5, 5.41) is 0. The summed E-state index contributed by atoms with van der Waals surface area (Å²) in [6, 6.07) is 0. The van der Waals surface area contributed by atoms with Gasteiger partial charge in [-0.05, 0) is 0 Å². The molecule has 7 heteroatoms. The molecule has 0 radical (unpaired) electrons. The lowest BCUT2D eigenvalue weighted by Crippen LogP contribution is -1.89. The molecule has 10 N–H and O–H groups in total. The van der Waals surface area contributed by atoms with Crippen molar-refractivity contribution >= 4 is 10.4 Å². The quantitative estimate of drug-likeness (QED) is 0.347. The molecule has 0 aromatic carbocycles. The molecule has 48 valence electrons. The fourth-order valence-electron chi connectivity index (χ4n) is 0. The van der Waals surface area contributed by atoms with Crippen LogP contribution in [0.1, 0.15) is 0 Å². The van der Waals surface area contributed by atoms with E-state index in [0.29, 0.717) is 0 Å². The Bertz CT molecular complexity index is 92.9. The first-order chi connectivity index (χ1) is 2.00. The van der Waals surface area contributed by atoms with Crippen molar-refractivity contribution in [1.29, 1.82) is 0 Å². The van der Waals surface area contributed by atoms with E-state index in [1.54, 1.807) is 0 Å². The molecule has 7 heavy (non-hydrogen) atoms. The van der Waals surface area contributed by atoms with Crippen LogP contribution in [0.4, 0.5) is 0 Å². The Morgan fingerprint density at radius 2 is 1.00 bits per heavy atom. The van der Waals surface area contributed by atoms with Crippen LogP contribution in [0, 0.1) is 0 Å². The van der Waals surface area contributed by atoms with Gasteiger partial charge in [0.05, 0.1) is 0 Å². The Morgan fingerprint density at radius 1 is 1.00 bits per heavy atom. The Hall–Kier alpha value is -0.210. The summed E-state index contributed by atoms with van der Waals surface area (Å²) < 4.78 is 31.6. The molecule has 0 heterocycles. The van der Waals surface area contributed by atoms with Crippen molar-refractivity contribution in [2.45, 2.75) is 0 Å². The number of rotatable bonds is 0. The fourth-order valence-corrected chi connectivity index (χ4v) is 0. The summed E-state index contributed by atoms with van der Waals surface area (Å²) in [5.41, 5.74) is 0. The smallest absolute Gasteiger partial charge is 0.369 e. The van der Waals surface area contributed by atoms with Crippen molar-refractivity contribution in [3.8, 4) is 0 Å². The minimum absolute atomic E-state index is 0. The van der Waals surface area contributed by atoms with Gasteiger partial charge in [-0.1, -0.05) is 0 Å². The average molecular weight is 134 g/mol. The van der Waals surface area contributed by atoms with Crippen molar-refractivity contribution in [3.05, 3.63) is 0 Å². The van der Waals surface area contributed by atoms with Gasteiger partial charge in [0, 0.05) is 0 Å². The maximum Gasteiger partial charge on any atom is 0.394 e. The zero-order valence-corrected chi connectivity index (χ0v) is 4.94. The molecule has 0 bridgehead atoms. The van der Waals surface area contributed by atoms with Gasteiger partial charge in [-0.15, -0.1) is 0 Å². The summed E-state index contributed by atoms with van der Waals surface area (Å²) in [7, 11) is -4.67. The third-order valence-electron chi connectivity index (χ3n) is 0. The largest absolute Gasteiger partial charge is 0.394 e. The van der Waals surface area contributed by atoms with Gasteiger partial charge >= 0.3 is 10.4 Å². The van der Waals surface area contributed by atoms with Crippen LogP contribution in [0.2, 0.25) is 0 Å². The second-order valence-electron chi connectivity index (χ2n) is 0.448. The van der Waals surface area contributed by atoms with E-state index >= 15 is 0 Å². The van der Waals surface area contributed by atoms with E-state index in [-0.39, 0.29) is 12.3 Å². The Kier molecular flexibility index (Phi) is 8.97. The van der Waals surface area contributed by atoms with Gasteiger partial charge in [0.1, 0.15) is 0 Å². The Labute approximate surface area is 41.3 Å². The number of quaternary nitrogens is 2. The van der Waals surface area contributed by atoms with Gasteiger partial charge in [0.15, 0.2) is 0 Å². The molecule has 0 amide bonds. The van der Waals surface area contributed by atoms with E-state index in [4.69, 9.17) is 17.5 Å². The molecule has 0 saturated heterocycles. The fraction of sp³-hybridized carbons (Fsp3) is 0. The van der Waals surface area contributed by atoms with E-state index in [2.05, 4.69) is 0 Å². The van der Waals surface area contributed by atoms with Crippen LogP contribution >= 0.6 is 0 Å². The monoisotopic (exact) mass is 134 g/mol. The van der Waals surface area contributed by atoms with Crippen LogP contribution < -0.4 is 12.3 Å². The van der Waals surface area contributed by atoms with E-state index < -0.39 is 10.4 Å². The van der Waals surface area contributed by atoms with E-state index in [1.165, 1.54) is 0 Å². The van der Waals surface area contributed by atoms with Crippen LogP contribution in [0.25, 0.3) is 0 Å². The first-order valence-corrected chi connectivity index (χ1v) is 2.10. The van der Waals surface area contributed by atoms with Crippen molar-refractivity contribution in [1.82, 2.24) is 12.3 Å². The average Bonchev–Trinajstić information content (AvgIpc) is 0.722. The molecule has 0 rings (SSSR count).